The molecule has 0 radical (unpaired) electrons. The monoisotopic (exact) mass is 348 g/mol. The van der Waals surface area contributed by atoms with Gasteiger partial charge in [0.2, 0.25) is 0 Å². The van der Waals surface area contributed by atoms with Crippen molar-refractivity contribution in [3.05, 3.63) is 114 Å². The standard InChI is InChI=1S/C25H16O2/c26-25(27-24-17-16-21-8-4-5-9-23(21)18-24)22-14-12-20(13-15-22)11-10-19-6-2-1-3-7-19/h1-9,12-18H. The van der Waals surface area contributed by atoms with Gasteiger partial charge in [0.05, 0.1) is 5.56 Å². The van der Waals surface area contributed by atoms with Crippen LogP contribution in [0.2, 0.25) is 0 Å². The highest BCUT2D eigenvalue weighted by atomic mass is 16.5. The number of esters is 1. The summed E-state index contributed by atoms with van der Waals surface area (Å²) in [5.41, 5.74) is 2.30. The molecule has 0 bridgehead atoms. The quantitative estimate of drug-likeness (QED) is 0.273. The number of fused-ring (bicyclic) bond motifs is 1. The van der Waals surface area contributed by atoms with Gasteiger partial charge in [-0.2, -0.15) is 0 Å². The summed E-state index contributed by atoms with van der Waals surface area (Å²) in [5.74, 6) is 6.35. The summed E-state index contributed by atoms with van der Waals surface area (Å²) in [5, 5.41) is 2.15. The van der Waals surface area contributed by atoms with Gasteiger partial charge in [-0.1, -0.05) is 60.4 Å². The van der Waals surface area contributed by atoms with E-state index in [1.165, 1.54) is 0 Å². The Hall–Kier alpha value is -3.83. The van der Waals surface area contributed by atoms with E-state index in [4.69, 9.17) is 4.74 Å². The molecule has 0 atom stereocenters. The number of hydrogen-bond donors (Lipinski definition) is 0. The minimum Gasteiger partial charge on any atom is -0.423 e. The van der Waals surface area contributed by atoms with E-state index in [2.05, 4.69) is 11.8 Å². The first-order valence-corrected chi connectivity index (χ1v) is 8.66. The zero-order chi connectivity index (χ0) is 18.5. The van der Waals surface area contributed by atoms with Gasteiger partial charge in [0, 0.05) is 11.1 Å². The van der Waals surface area contributed by atoms with Crippen LogP contribution in [0.4, 0.5) is 0 Å². The summed E-state index contributed by atoms with van der Waals surface area (Å²) < 4.78 is 5.50. The SMILES string of the molecule is O=C(Oc1ccc2ccccc2c1)c1ccc(C#Cc2ccccc2)cc1. The highest BCUT2D eigenvalue weighted by molar-refractivity contribution is 5.92. The predicted octanol–water partition coefficient (Wildman–Crippen LogP) is 5.46. The maximum Gasteiger partial charge on any atom is 0.343 e. The summed E-state index contributed by atoms with van der Waals surface area (Å²) in [6, 6.07) is 30.5. The van der Waals surface area contributed by atoms with Crippen LogP contribution in [0.25, 0.3) is 10.8 Å². The summed E-state index contributed by atoms with van der Waals surface area (Å²) in [6.07, 6.45) is 0. The van der Waals surface area contributed by atoms with Gasteiger partial charge in [0.25, 0.3) is 0 Å². The van der Waals surface area contributed by atoms with Crippen LogP contribution in [0.5, 0.6) is 5.75 Å². The van der Waals surface area contributed by atoms with Crippen molar-refractivity contribution < 1.29 is 9.53 Å². The number of ether oxygens (including phenoxy) is 1. The van der Waals surface area contributed by atoms with Crippen LogP contribution in [0.3, 0.4) is 0 Å². The topological polar surface area (TPSA) is 26.3 Å². The first kappa shape index (κ1) is 16.6. The summed E-state index contributed by atoms with van der Waals surface area (Å²) >= 11 is 0. The molecule has 4 rings (SSSR count). The number of carbonyl (C=O) groups is 1. The molecular weight excluding hydrogens is 332 g/mol. The molecule has 0 fully saturated rings. The van der Waals surface area contributed by atoms with Gasteiger partial charge in [-0.3, -0.25) is 0 Å². The predicted molar refractivity (Wildman–Crippen MR) is 108 cm³/mol. The van der Waals surface area contributed by atoms with E-state index in [-0.39, 0.29) is 5.97 Å². The van der Waals surface area contributed by atoms with Crippen LogP contribution < -0.4 is 4.74 Å². The molecule has 0 aliphatic carbocycles. The molecule has 0 saturated carbocycles. The van der Waals surface area contributed by atoms with Gasteiger partial charge in [-0.25, -0.2) is 4.79 Å². The lowest BCUT2D eigenvalue weighted by atomic mass is 10.1. The van der Waals surface area contributed by atoms with Crippen LogP contribution in [-0.2, 0) is 0 Å². The molecule has 0 aliphatic heterocycles. The Morgan fingerprint density at radius 3 is 2.00 bits per heavy atom. The fourth-order valence-electron chi connectivity index (χ4n) is 2.75. The molecule has 4 aromatic carbocycles. The second-order valence-corrected chi connectivity index (χ2v) is 6.09. The van der Waals surface area contributed by atoms with Gasteiger partial charge >= 0.3 is 5.97 Å². The highest BCUT2D eigenvalue weighted by Crippen LogP contribution is 2.21. The van der Waals surface area contributed by atoms with Gasteiger partial charge < -0.3 is 4.74 Å². The largest absolute Gasteiger partial charge is 0.423 e. The van der Waals surface area contributed by atoms with Crippen LogP contribution in [0.15, 0.2) is 97.1 Å². The van der Waals surface area contributed by atoms with Crippen molar-refractivity contribution in [2.24, 2.45) is 0 Å². The maximum atomic E-state index is 12.4. The van der Waals surface area contributed by atoms with Crippen molar-refractivity contribution in [2.75, 3.05) is 0 Å². The average Bonchev–Trinajstić information content (AvgIpc) is 2.73. The summed E-state index contributed by atoms with van der Waals surface area (Å²) in [4.78, 5) is 12.4. The lowest BCUT2D eigenvalue weighted by Gasteiger charge is -2.06. The minimum absolute atomic E-state index is 0.382. The molecule has 0 aromatic heterocycles. The van der Waals surface area contributed by atoms with Gasteiger partial charge in [-0.05, 0) is 59.3 Å². The molecule has 0 heterocycles. The van der Waals surface area contributed by atoms with Crippen molar-refractivity contribution in [2.45, 2.75) is 0 Å². The van der Waals surface area contributed by atoms with E-state index in [1.54, 1.807) is 18.2 Å². The van der Waals surface area contributed by atoms with Crippen LogP contribution in [-0.4, -0.2) is 5.97 Å². The molecule has 27 heavy (non-hydrogen) atoms. The van der Waals surface area contributed by atoms with E-state index in [1.807, 2.05) is 78.9 Å². The average molecular weight is 348 g/mol. The number of hydrogen-bond acceptors (Lipinski definition) is 2. The van der Waals surface area contributed by atoms with Crippen LogP contribution in [0, 0.1) is 11.8 Å². The Morgan fingerprint density at radius 1 is 0.630 bits per heavy atom. The van der Waals surface area contributed by atoms with Crippen molar-refractivity contribution in [1.29, 1.82) is 0 Å². The van der Waals surface area contributed by atoms with Gasteiger partial charge in [0.1, 0.15) is 5.75 Å². The van der Waals surface area contributed by atoms with E-state index >= 15 is 0 Å². The molecule has 0 saturated heterocycles. The third kappa shape index (κ3) is 4.05. The van der Waals surface area contributed by atoms with E-state index < -0.39 is 0 Å². The Morgan fingerprint density at radius 2 is 1.26 bits per heavy atom. The molecule has 2 nitrogen and oxygen atoms in total. The molecule has 0 amide bonds. The molecule has 4 aromatic rings. The number of benzene rings is 4. The first-order valence-electron chi connectivity index (χ1n) is 8.66. The Labute approximate surface area is 158 Å². The van der Waals surface area contributed by atoms with Crippen molar-refractivity contribution in [1.82, 2.24) is 0 Å². The van der Waals surface area contributed by atoms with Crippen LogP contribution >= 0.6 is 0 Å². The van der Waals surface area contributed by atoms with Gasteiger partial charge in [-0.15, -0.1) is 0 Å². The zero-order valence-electron chi connectivity index (χ0n) is 14.6. The molecule has 128 valence electrons. The lowest BCUT2D eigenvalue weighted by molar-refractivity contribution is 0.0735. The van der Waals surface area contributed by atoms with Gasteiger partial charge in [0.15, 0.2) is 0 Å². The molecular formula is C25H16O2. The molecule has 0 unspecified atom stereocenters. The third-order valence-corrected chi connectivity index (χ3v) is 4.18. The summed E-state index contributed by atoms with van der Waals surface area (Å²) in [6.45, 7) is 0. The van der Waals surface area contributed by atoms with Crippen molar-refractivity contribution in [3.8, 4) is 17.6 Å². The number of carbonyl (C=O) groups excluding carboxylic acids is 1. The minimum atomic E-state index is -0.382. The maximum absolute atomic E-state index is 12.4. The molecule has 0 spiro atoms. The second kappa shape index (κ2) is 7.59. The molecule has 0 aliphatic rings. The molecule has 2 heteroatoms. The smallest absolute Gasteiger partial charge is 0.343 e. The van der Waals surface area contributed by atoms with E-state index in [0.717, 1.165) is 21.9 Å². The van der Waals surface area contributed by atoms with Crippen LogP contribution in [0.1, 0.15) is 21.5 Å². The molecule has 0 N–H and O–H groups in total. The zero-order valence-corrected chi connectivity index (χ0v) is 14.6. The van der Waals surface area contributed by atoms with E-state index in [9.17, 15) is 4.79 Å². The first-order chi connectivity index (χ1) is 13.3. The Bertz CT molecular complexity index is 1150. The van der Waals surface area contributed by atoms with Crippen molar-refractivity contribution >= 4 is 16.7 Å². The fraction of sp³-hybridized carbons (Fsp3) is 0. The second-order valence-electron chi connectivity index (χ2n) is 6.09. The normalized spacial score (nSPS) is 10.1. The fourth-order valence-corrected chi connectivity index (χ4v) is 2.75. The highest BCUT2D eigenvalue weighted by Gasteiger charge is 2.08. The van der Waals surface area contributed by atoms with E-state index in [0.29, 0.717) is 11.3 Å². The number of rotatable bonds is 2. The Kier molecular flexibility index (Phi) is 4.68. The summed E-state index contributed by atoms with van der Waals surface area (Å²) in [7, 11) is 0. The Balaban J connectivity index is 1.48. The third-order valence-electron chi connectivity index (χ3n) is 4.18. The van der Waals surface area contributed by atoms with Crippen molar-refractivity contribution in [3.63, 3.8) is 0 Å². The lowest BCUT2D eigenvalue weighted by Crippen LogP contribution is -2.08.